The lowest BCUT2D eigenvalue weighted by atomic mass is 10.5. The Balaban J connectivity index is 2.37. The number of aromatic nitrogens is 2. The van der Waals surface area contributed by atoms with Crippen molar-refractivity contribution in [2.75, 3.05) is 30.1 Å². The molecular weight excluding hydrogens is 232 g/mol. The van der Waals surface area contributed by atoms with Crippen LogP contribution in [0.2, 0.25) is 0 Å². The van der Waals surface area contributed by atoms with E-state index in [0.717, 1.165) is 6.26 Å². The quantitative estimate of drug-likeness (QED) is 0.280. The Morgan fingerprint density at radius 1 is 1.31 bits per heavy atom. The van der Waals surface area contributed by atoms with Crippen molar-refractivity contribution in [3.05, 3.63) is 12.4 Å². The molecule has 9 heteroatoms. The molecular formula is C7H14N6O2S. The van der Waals surface area contributed by atoms with Gasteiger partial charge < -0.3 is 10.7 Å². The highest BCUT2D eigenvalue weighted by Gasteiger charge is 2.00. The molecule has 0 fully saturated rings. The maximum Gasteiger partial charge on any atom is 0.208 e. The Bertz CT molecular complexity index is 434. The molecule has 0 unspecified atom stereocenters. The number of rotatable bonds is 6. The first kappa shape index (κ1) is 12.6. The fraction of sp³-hybridized carbons (Fsp3) is 0.429. The van der Waals surface area contributed by atoms with Crippen molar-refractivity contribution in [1.29, 1.82) is 0 Å². The number of anilines is 2. The molecule has 0 saturated carbocycles. The summed E-state index contributed by atoms with van der Waals surface area (Å²) in [4.78, 5) is 7.92. The van der Waals surface area contributed by atoms with E-state index in [1.54, 1.807) is 0 Å². The van der Waals surface area contributed by atoms with E-state index in [2.05, 4.69) is 25.4 Å². The van der Waals surface area contributed by atoms with E-state index in [9.17, 15) is 8.42 Å². The molecule has 0 aromatic carbocycles. The number of nitrogens with two attached hydrogens (primary N) is 1. The van der Waals surface area contributed by atoms with E-state index in [1.807, 2.05) is 0 Å². The van der Waals surface area contributed by atoms with Gasteiger partial charge in [-0.1, -0.05) is 0 Å². The van der Waals surface area contributed by atoms with Gasteiger partial charge in [-0.05, 0) is 0 Å². The molecule has 0 amide bonds. The third kappa shape index (κ3) is 4.87. The average Bonchev–Trinajstić information content (AvgIpc) is 2.23. The Hall–Kier alpha value is -1.45. The lowest BCUT2D eigenvalue weighted by Crippen LogP contribution is -2.27. The molecule has 8 nitrogen and oxygen atoms in total. The standard InChI is InChI=1S/C7H14N6O2S/c1-16(14,15)11-3-2-10-6-4-9-5-7(12-6)13-8/h4-5,11H,2-3,8H2,1H3,(H2,10,12,13). The summed E-state index contributed by atoms with van der Waals surface area (Å²) in [6, 6.07) is 0. The van der Waals surface area contributed by atoms with Gasteiger partial charge >= 0.3 is 0 Å². The predicted molar refractivity (Wildman–Crippen MR) is 61.2 cm³/mol. The summed E-state index contributed by atoms with van der Waals surface area (Å²) in [7, 11) is -3.15. The summed E-state index contributed by atoms with van der Waals surface area (Å²) in [6.07, 6.45) is 4.09. The zero-order chi connectivity index (χ0) is 12.0. The van der Waals surface area contributed by atoms with E-state index >= 15 is 0 Å². The Morgan fingerprint density at radius 2 is 2.00 bits per heavy atom. The molecule has 5 N–H and O–H groups in total. The summed E-state index contributed by atoms with van der Waals surface area (Å²) in [6.45, 7) is 0.691. The van der Waals surface area contributed by atoms with Crippen LogP contribution in [0.25, 0.3) is 0 Å². The fourth-order valence-corrected chi connectivity index (χ4v) is 1.42. The second-order valence-electron chi connectivity index (χ2n) is 3.03. The number of sulfonamides is 1. The van der Waals surface area contributed by atoms with Gasteiger partial charge in [0.05, 0.1) is 18.6 Å². The lowest BCUT2D eigenvalue weighted by molar-refractivity contribution is 0.589. The van der Waals surface area contributed by atoms with Crippen molar-refractivity contribution in [2.45, 2.75) is 0 Å². The maximum absolute atomic E-state index is 10.7. The number of nitrogen functional groups attached to an aromatic ring is 1. The minimum atomic E-state index is -3.15. The highest BCUT2D eigenvalue weighted by atomic mass is 32.2. The topological polar surface area (TPSA) is 122 Å². The van der Waals surface area contributed by atoms with Crippen LogP contribution in [0.1, 0.15) is 0 Å². The van der Waals surface area contributed by atoms with Gasteiger partial charge in [0.1, 0.15) is 5.82 Å². The zero-order valence-electron chi connectivity index (χ0n) is 8.77. The van der Waals surface area contributed by atoms with E-state index in [1.165, 1.54) is 12.4 Å². The summed E-state index contributed by atoms with van der Waals surface area (Å²) in [5.74, 6) is 6.11. The third-order valence-electron chi connectivity index (χ3n) is 1.58. The number of hydrogen-bond acceptors (Lipinski definition) is 7. The largest absolute Gasteiger partial charge is 0.367 e. The highest BCUT2D eigenvalue weighted by Crippen LogP contribution is 2.03. The van der Waals surface area contributed by atoms with Gasteiger partial charge in [0, 0.05) is 13.1 Å². The first-order valence-electron chi connectivity index (χ1n) is 4.48. The SMILES string of the molecule is CS(=O)(=O)NCCNc1cncc(NN)n1. The number of nitrogens with one attached hydrogen (secondary N) is 3. The highest BCUT2D eigenvalue weighted by molar-refractivity contribution is 7.88. The minimum Gasteiger partial charge on any atom is -0.367 e. The van der Waals surface area contributed by atoms with Crippen LogP contribution < -0.4 is 21.3 Å². The summed E-state index contributed by atoms with van der Waals surface area (Å²) in [5.41, 5.74) is 2.36. The first-order valence-corrected chi connectivity index (χ1v) is 6.37. The molecule has 0 spiro atoms. The van der Waals surface area contributed by atoms with Crippen molar-refractivity contribution in [2.24, 2.45) is 5.84 Å². The van der Waals surface area contributed by atoms with Crippen molar-refractivity contribution in [1.82, 2.24) is 14.7 Å². The molecule has 1 aromatic rings. The molecule has 1 rings (SSSR count). The first-order chi connectivity index (χ1) is 7.51. The van der Waals surface area contributed by atoms with E-state index in [-0.39, 0.29) is 6.54 Å². The van der Waals surface area contributed by atoms with Crippen LogP contribution in [-0.2, 0) is 10.0 Å². The zero-order valence-corrected chi connectivity index (χ0v) is 9.58. The van der Waals surface area contributed by atoms with Crippen LogP contribution in [0.3, 0.4) is 0 Å². The lowest BCUT2D eigenvalue weighted by Gasteiger charge is -2.06. The predicted octanol–water partition coefficient (Wildman–Crippen LogP) is -1.28. The third-order valence-corrected chi connectivity index (χ3v) is 2.31. The van der Waals surface area contributed by atoms with Gasteiger partial charge in [0.25, 0.3) is 0 Å². The second-order valence-corrected chi connectivity index (χ2v) is 4.86. The molecule has 0 aliphatic carbocycles. The normalized spacial score (nSPS) is 11.1. The van der Waals surface area contributed by atoms with Gasteiger partial charge in [-0.2, -0.15) is 0 Å². The Morgan fingerprint density at radius 3 is 2.62 bits per heavy atom. The average molecular weight is 246 g/mol. The molecule has 0 bridgehead atoms. The van der Waals surface area contributed by atoms with Gasteiger partial charge in [-0.15, -0.1) is 0 Å². The van der Waals surface area contributed by atoms with E-state index in [4.69, 9.17) is 5.84 Å². The van der Waals surface area contributed by atoms with Crippen LogP contribution in [0.5, 0.6) is 0 Å². The van der Waals surface area contributed by atoms with Gasteiger partial charge in [-0.25, -0.2) is 24.0 Å². The van der Waals surface area contributed by atoms with Crippen LogP contribution in [0, 0.1) is 0 Å². The summed E-state index contributed by atoms with van der Waals surface area (Å²) < 4.78 is 23.8. The monoisotopic (exact) mass is 246 g/mol. The van der Waals surface area contributed by atoms with Gasteiger partial charge in [-0.3, -0.25) is 4.98 Å². The van der Waals surface area contributed by atoms with Gasteiger partial charge in [0.2, 0.25) is 10.0 Å². The molecule has 0 atom stereocenters. The fourth-order valence-electron chi connectivity index (χ4n) is 0.948. The summed E-state index contributed by atoms with van der Waals surface area (Å²) in [5, 5.41) is 2.90. The van der Waals surface area contributed by atoms with Crippen LogP contribution in [0.4, 0.5) is 11.6 Å². The Kier molecular flexibility index (Phi) is 4.40. The smallest absolute Gasteiger partial charge is 0.208 e. The molecule has 1 heterocycles. The molecule has 0 aliphatic rings. The molecule has 0 aliphatic heterocycles. The number of hydrogen-bond donors (Lipinski definition) is 4. The van der Waals surface area contributed by atoms with Crippen molar-refractivity contribution in [3.8, 4) is 0 Å². The van der Waals surface area contributed by atoms with Crippen LogP contribution in [0.15, 0.2) is 12.4 Å². The molecule has 1 aromatic heterocycles. The molecule has 90 valence electrons. The number of nitrogens with zero attached hydrogens (tertiary/aromatic N) is 2. The van der Waals surface area contributed by atoms with E-state index < -0.39 is 10.0 Å². The van der Waals surface area contributed by atoms with Crippen molar-refractivity contribution in [3.63, 3.8) is 0 Å². The van der Waals surface area contributed by atoms with E-state index in [0.29, 0.717) is 18.2 Å². The van der Waals surface area contributed by atoms with Crippen LogP contribution in [-0.4, -0.2) is 37.7 Å². The minimum absolute atomic E-state index is 0.279. The van der Waals surface area contributed by atoms with Crippen molar-refractivity contribution >= 4 is 21.7 Å². The van der Waals surface area contributed by atoms with Crippen LogP contribution >= 0.6 is 0 Å². The summed E-state index contributed by atoms with van der Waals surface area (Å²) >= 11 is 0. The Labute approximate surface area is 93.7 Å². The molecule has 16 heavy (non-hydrogen) atoms. The molecule has 0 radical (unpaired) electrons. The number of hydrazine groups is 1. The second kappa shape index (κ2) is 5.58. The van der Waals surface area contributed by atoms with Crippen molar-refractivity contribution < 1.29 is 8.42 Å². The molecule has 0 saturated heterocycles. The van der Waals surface area contributed by atoms with Gasteiger partial charge in [0.15, 0.2) is 5.82 Å². The maximum atomic E-state index is 10.7.